The summed E-state index contributed by atoms with van der Waals surface area (Å²) in [7, 11) is 0. The van der Waals surface area contributed by atoms with E-state index < -0.39 is 69.0 Å². The molecule has 4 rings (SSSR count). The maximum absolute atomic E-state index is 15.0. The quantitative estimate of drug-likeness (QED) is 0.122. The number of carbonyl (C=O) groups is 3. The van der Waals surface area contributed by atoms with Gasteiger partial charge in [-0.3, -0.25) is 14.4 Å². The van der Waals surface area contributed by atoms with Crippen molar-refractivity contribution in [3.8, 4) is 0 Å². The zero-order valence-corrected chi connectivity index (χ0v) is 26.2. The lowest BCUT2D eigenvalue weighted by atomic mass is 10.1. The first-order chi connectivity index (χ1) is 20.4. The van der Waals surface area contributed by atoms with Gasteiger partial charge in [-0.1, -0.05) is 46.4 Å². The van der Waals surface area contributed by atoms with E-state index in [1.54, 1.807) is 0 Å². The van der Waals surface area contributed by atoms with Crippen LogP contribution in [-0.4, -0.2) is 34.1 Å². The Balaban J connectivity index is 1.53. The molecule has 1 fully saturated rings. The normalized spacial score (nSPS) is 17.9. The van der Waals surface area contributed by atoms with E-state index in [-0.39, 0.29) is 31.3 Å². The molecule has 234 valence electrons. The lowest BCUT2D eigenvalue weighted by molar-refractivity contribution is -0.148. The molecule has 0 radical (unpaired) electrons. The van der Waals surface area contributed by atoms with Crippen LogP contribution in [-0.2, 0) is 9.59 Å². The van der Waals surface area contributed by atoms with Gasteiger partial charge in [-0.2, -0.15) is 8.78 Å². The van der Waals surface area contributed by atoms with Gasteiger partial charge in [0.2, 0.25) is 5.91 Å². The van der Waals surface area contributed by atoms with E-state index in [1.807, 2.05) is 5.32 Å². The number of amides is 3. The average Bonchev–Trinajstić information content (AvgIpc) is 3.53. The molecule has 0 heterocycles. The molecule has 3 atom stereocenters. The van der Waals surface area contributed by atoms with Crippen LogP contribution in [0.15, 0.2) is 42.5 Å². The highest BCUT2D eigenvalue weighted by atomic mass is 35.5. The van der Waals surface area contributed by atoms with Crippen molar-refractivity contribution in [2.45, 2.75) is 29.3 Å². The van der Waals surface area contributed by atoms with Crippen molar-refractivity contribution >= 4 is 104 Å². The highest BCUT2D eigenvalue weighted by Gasteiger charge is 2.67. The van der Waals surface area contributed by atoms with Crippen LogP contribution in [0.5, 0.6) is 0 Å². The summed E-state index contributed by atoms with van der Waals surface area (Å²) in [4.78, 5) is 37.8. The van der Waals surface area contributed by atoms with Gasteiger partial charge in [0, 0.05) is 11.6 Å². The summed E-state index contributed by atoms with van der Waals surface area (Å²) in [6, 6.07) is 7.70. The lowest BCUT2D eigenvalue weighted by Gasteiger charge is -2.18. The second-order valence-corrected chi connectivity index (χ2v) is 12.6. The molecule has 1 aliphatic carbocycles. The first-order valence-electron chi connectivity index (χ1n) is 12.1. The summed E-state index contributed by atoms with van der Waals surface area (Å²) in [6.07, 6.45) is -2.91. The summed E-state index contributed by atoms with van der Waals surface area (Å²) in [5.74, 6) is -13.3. The number of alkyl halides is 5. The molecule has 0 aromatic heterocycles. The van der Waals surface area contributed by atoms with Crippen molar-refractivity contribution in [1.29, 1.82) is 0 Å². The third-order valence-electron chi connectivity index (χ3n) is 6.56. The molecule has 44 heavy (non-hydrogen) atoms. The second-order valence-electron chi connectivity index (χ2n) is 9.54. The van der Waals surface area contributed by atoms with Crippen LogP contribution in [0.25, 0.3) is 0 Å². The molecule has 6 nitrogen and oxygen atoms in total. The molecule has 3 amide bonds. The third kappa shape index (κ3) is 6.68. The summed E-state index contributed by atoms with van der Waals surface area (Å²) in [5, 5.41) is 6.02. The summed E-state index contributed by atoms with van der Waals surface area (Å²) >= 11 is 37.0. The number of nitrogens with one attached hydrogen (secondary N) is 3. The highest BCUT2D eigenvalue weighted by molar-refractivity contribution is 6.54. The van der Waals surface area contributed by atoms with Crippen LogP contribution in [0.3, 0.4) is 0 Å². The first-order valence-corrected chi connectivity index (χ1v) is 14.4. The highest BCUT2D eigenvalue weighted by Crippen LogP contribution is 2.65. The van der Waals surface area contributed by atoms with Gasteiger partial charge in [-0.05, 0) is 55.0 Å². The fourth-order valence-corrected chi connectivity index (χ4v) is 5.79. The summed E-state index contributed by atoms with van der Waals surface area (Å²) in [5.41, 5.74) is -2.02. The fraction of sp³-hybridized carbons (Fsp3) is 0.222. The minimum Gasteiger partial charge on any atom is -0.326 e. The van der Waals surface area contributed by atoms with Gasteiger partial charge in [0.1, 0.15) is 15.8 Å². The van der Waals surface area contributed by atoms with Crippen molar-refractivity contribution in [2.24, 2.45) is 5.92 Å². The zero-order valence-electron chi connectivity index (χ0n) is 21.7. The number of anilines is 3. The van der Waals surface area contributed by atoms with Crippen molar-refractivity contribution in [1.82, 2.24) is 0 Å². The first kappa shape index (κ1) is 34.3. The minimum absolute atomic E-state index is 0.0102. The smallest absolute Gasteiger partial charge is 0.326 e. The molecule has 0 spiro atoms. The maximum atomic E-state index is 15.0. The van der Waals surface area contributed by atoms with Gasteiger partial charge in [-0.25, -0.2) is 13.2 Å². The number of rotatable bonds is 8. The average molecular weight is 738 g/mol. The molecule has 3 aromatic rings. The molecule has 0 bridgehead atoms. The van der Waals surface area contributed by atoms with Crippen LogP contribution in [0.2, 0.25) is 20.1 Å². The molecular weight excluding hydrogens is 722 g/mol. The van der Waals surface area contributed by atoms with E-state index in [1.165, 1.54) is 29.6 Å². The SMILES string of the molecule is CC(F)C(F)(F)C(=O)Nc1ccc(F)c(NC(=O)c2cc(NC(=O)[C@H]3[C@H](c4cc(Cl)c(Cl)c(Cl)c4)C3(Cl)Cl)ccc2Cl)c1F. The fourth-order valence-electron chi connectivity index (χ4n) is 4.15. The summed E-state index contributed by atoms with van der Waals surface area (Å²) < 4.78 is 68.3. The largest absolute Gasteiger partial charge is 0.354 e. The van der Waals surface area contributed by atoms with Gasteiger partial charge >= 0.3 is 5.92 Å². The van der Waals surface area contributed by atoms with Crippen LogP contribution >= 0.6 is 69.6 Å². The van der Waals surface area contributed by atoms with Gasteiger partial charge in [0.05, 0.1) is 37.3 Å². The third-order valence-corrected chi connectivity index (χ3v) is 9.03. The Kier molecular flexibility index (Phi) is 9.90. The van der Waals surface area contributed by atoms with Crippen molar-refractivity contribution < 1.29 is 36.3 Å². The van der Waals surface area contributed by atoms with Crippen molar-refractivity contribution in [3.63, 3.8) is 0 Å². The van der Waals surface area contributed by atoms with E-state index in [9.17, 15) is 36.3 Å². The molecule has 1 aliphatic rings. The molecule has 1 saturated carbocycles. The Morgan fingerprint density at radius 3 is 2.09 bits per heavy atom. The predicted octanol–water partition coefficient (Wildman–Crippen LogP) is 9.29. The second kappa shape index (κ2) is 12.7. The molecule has 1 unspecified atom stereocenters. The van der Waals surface area contributed by atoms with Gasteiger partial charge in [0.15, 0.2) is 12.0 Å². The minimum atomic E-state index is -4.52. The molecule has 17 heteroatoms. The van der Waals surface area contributed by atoms with Crippen LogP contribution in [0, 0.1) is 17.6 Å². The Labute approximate surface area is 276 Å². The number of hydrogen-bond acceptors (Lipinski definition) is 3. The van der Waals surface area contributed by atoms with E-state index in [0.29, 0.717) is 24.6 Å². The van der Waals surface area contributed by atoms with Crippen molar-refractivity contribution in [2.75, 3.05) is 16.0 Å². The Hall–Kier alpha value is -2.54. The molecule has 0 aliphatic heterocycles. The van der Waals surface area contributed by atoms with E-state index in [4.69, 9.17) is 69.6 Å². The van der Waals surface area contributed by atoms with Crippen LogP contribution in [0.4, 0.5) is 39.0 Å². The Morgan fingerprint density at radius 2 is 1.50 bits per heavy atom. The topological polar surface area (TPSA) is 87.3 Å². The van der Waals surface area contributed by atoms with Gasteiger partial charge in [-0.15, -0.1) is 23.2 Å². The monoisotopic (exact) mass is 735 g/mol. The number of carbonyl (C=O) groups excluding carboxylic acids is 3. The molecule has 0 saturated heterocycles. The Morgan fingerprint density at radius 1 is 0.886 bits per heavy atom. The van der Waals surface area contributed by atoms with Crippen molar-refractivity contribution in [3.05, 3.63) is 85.3 Å². The van der Waals surface area contributed by atoms with E-state index >= 15 is 0 Å². The standard InChI is InChI=1S/C27H16Cl6F5N3O3/c1-9(34)27(37,38)25(44)40-17-5-4-16(35)22(21(17)36)41-23(42)12-8-11(2-3-13(12)28)39-24(43)19-18(26(19,32)33)10-6-14(29)20(31)15(30)7-10/h2-9,18-19H,1H3,(H,39,43)(H,40,44)(H,41,42)/t9?,18-,19+/m0/s1. The lowest BCUT2D eigenvalue weighted by Crippen LogP contribution is -2.41. The zero-order chi connectivity index (χ0) is 32.9. The number of hydrogen-bond donors (Lipinski definition) is 3. The predicted molar refractivity (Wildman–Crippen MR) is 161 cm³/mol. The Bertz CT molecular complexity index is 1670. The molecule has 3 aromatic carbocycles. The van der Waals surface area contributed by atoms with Crippen LogP contribution < -0.4 is 16.0 Å². The summed E-state index contributed by atoms with van der Waals surface area (Å²) in [6.45, 7) is 0.420. The number of halogens is 11. The maximum Gasteiger partial charge on any atom is 0.354 e. The van der Waals surface area contributed by atoms with Gasteiger partial charge in [0.25, 0.3) is 11.8 Å². The number of benzene rings is 3. The van der Waals surface area contributed by atoms with E-state index in [0.717, 1.165) is 6.07 Å². The van der Waals surface area contributed by atoms with E-state index in [2.05, 4.69) is 5.32 Å². The van der Waals surface area contributed by atoms with Gasteiger partial charge < -0.3 is 16.0 Å². The molecule has 3 N–H and O–H groups in total. The van der Waals surface area contributed by atoms with Crippen LogP contribution in [0.1, 0.15) is 28.8 Å². The molecular formula is C27H16Cl6F5N3O3.